The standard InChI is InChI=1S/C27H32N8O5/c28-23-22-24(35-27(29)34-23)31-15-18(32-22)14-30-17-10-8-16(9-11-17)25(38)33-20(12-13-21(36)37)26(39)40-19-6-4-2-1-3-5-7-19/h4,6,8-11,15,19-20,30H,1-3,5,7,12-14H2,(H,33,38)(H,36,37)(H4,28,29,31,34,35)/t19?,20-/m1/s1. The average molecular weight is 549 g/mol. The van der Waals surface area contributed by atoms with Crippen LogP contribution < -0.4 is 22.1 Å². The zero-order chi connectivity index (χ0) is 28.5. The van der Waals surface area contributed by atoms with E-state index in [0.717, 1.165) is 25.7 Å². The van der Waals surface area contributed by atoms with E-state index in [1.807, 2.05) is 12.2 Å². The number of benzene rings is 1. The molecule has 40 heavy (non-hydrogen) atoms. The number of nitrogens with two attached hydrogens (primary N) is 2. The van der Waals surface area contributed by atoms with Crippen molar-refractivity contribution in [3.05, 3.63) is 53.9 Å². The molecule has 210 valence electrons. The Labute approximate surface area is 230 Å². The number of carboxylic acids is 1. The van der Waals surface area contributed by atoms with Gasteiger partial charge in [0.2, 0.25) is 5.95 Å². The molecule has 0 fully saturated rings. The van der Waals surface area contributed by atoms with Crippen LogP contribution in [0.25, 0.3) is 11.2 Å². The number of carboxylic acid groups (broad SMARTS) is 1. The SMILES string of the molecule is Nc1nc(N)c2nc(CNc3ccc(C(=O)N[C@H](CCC(=O)O)C(=O)OC4C=CCCCCC4)cc3)cnc2n1. The highest BCUT2D eigenvalue weighted by Crippen LogP contribution is 2.18. The fourth-order valence-corrected chi connectivity index (χ4v) is 4.22. The van der Waals surface area contributed by atoms with E-state index in [2.05, 4.69) is 30.6 Å². The Kier molecular flexibility index (Phi) is 9.39. The molecule has 0 aliphatic heterocycles. The fraction of sp³-hybridized carbons (Fsp3) is 0.370. The van der Waals surface area contributed by atoms with Crippen LogP contribution in [0.3, 0.4) is 0 Å². The smallest absolute Gasteiger partial charge is 0.329 e. The van der Waals surface area contributed by atoms with Crippen molar-refractivity contribution in [1.82, 2.24) is 25.3 Å². The number of anilines is 3. The maximum atomic E-state index is 12.9. The number of hydrogen-bond donors (Lipinski definition) is 5. The van der Waals surface area contributed by atoms with Crippen LogP contribution in [0, 0.1) is 0 Å². The van der Waals surface area contributed by atoms with Crippen molar-refractivity contribution in [3.8, 4) is 0 Å². The summed E-state index contributed by atoms with van der Waals surface area (Å²) in [6, 6.07) is 5.50. The number of nitrogens with one attached hydrogen (secondary N) is 2. The quantitative estimate of drug-likeness (QED) is 0.183. The lowest BCUT2D eigenvalue weighted by atomic mass is 10.0. The number of nitrogen functional groups attached to an aromatic ring is 2. The minimum atomic E-state index is -1.08. The molecule has 1 aliphatic rings. The zero-order valence-corrected chi connectivity index (χ0v) is 21.9. The molecule has 1 unspecified atom stereocenters. The lowest BCUT2D eigenvalue weighted by Gasteiger charge is -2.21. The molecule has 4 rings (SSSR count). The first-order valence-electron chi connectivity index (χ1n) is 13.1. The third kappa shape index (κ3) is 7.85. The minimum absolute atomic E-state index is 0.0200. The molecule has 13 heteroatoms. The van der Waals surface area contributed by atoms with Crippen LogP contribution in [-0.2, 0) is 20.9 Å². The molecule has 3 aromatic rings. The summed E-state index contributed by atoms with van der Waals surface area (Å²) in [6.07, 6.45) is 9.34. The highest BCUT2D eigenvalue weighted by atomic mass is 16.5. The van der Waals surface area contributed by atoms with Gasteiger partial charge in [-0.3, -0.25) is 9.59 Å². The minimum Gasteiger partial charge on any atom is -0.481 e. The second kappa shape index (κ2) is 13.3. The number of ether oxygens (including phenoxy) is 1. The number of fused-ring (bicyclic) bond motifs is 1. The predicted molar refractivity (Wildman–Crippen MR) is 148 cm³/mol. The third-order valence-corrected chi connectivity index (χ3v) is 6.34. The van der Waals surface area contributed by atoms with E-state index in [4.69, 9.17) is 21.3 Å². The maximum absolute atomic E-state index is 12.9. The Bertz CT molecular complexity index is 1400. The predicted octanol–water partition coefficient (Wildman–Crippen LogP) is 2.59. The summed E-state index contributed by atoms with van der Waals surface area (Å²) in [5, 5.41) is 14.9. The number of rotatable bonds is 10. The van der Waals surface area contributed by atoms with E-state index in [-0.39, 0.29) is 24.6 Å². The number of aromatic nitrogens is 4. The number of hydrogen-bond acceptors (Lipinski definition) is 11. The van der Waals surface area contributed by atoms with Crippen molar-refractivity contribution in [2.45, 2.75) is 63.6 Å². The summed E-state index contributed by atoms with van der Waals surface area (Å²) >= 11 is 0. The highest BCUT2D eigenvalue weighted by molar-refractivity contribution is 5.97. The summed E-state index contributed by atoms with van der Waals surface area (Å²) in [5.41, 5.74) is 13.7. The molecule has 0 saturated heterocycles. The number of esters is 1. The molecule has 2 aromatic heterocycles. The van der Waals surface area contributed by atoms with Crippen molar-refractivity contribution in [3.63, 3.8) is 0 Å². The molecule has 1 aliphatic carbocycles. The van der Waals surface area contributed by atoms with E-state index in [1.54, 1.807) is 30.5 Å². The van der Waals surface area contributed by atoms with Crippen molar-refractivity contribution < 1.29 is 24.2 Å². The number of nitrogens with zero attached hydrogens (tertiary/aromatic N) is 4. The molecule has 1 aromatic carbocycles. The van der Waals surface area contributed by atoms with E-state index >= 15 is 0 Å². The van der Waals surface area contributed by atoms with Gasteiger partial charge in [-0.2, -0.15) is 9.97 Å². The first-order chi connectivity index (χ1) is 19.3. The zero-order valence-electron chi connectivity index (χ0n) is 21.9. The topological polar surface area (TPSA) is 208 Å². The van der Waals surface area contributed by atoms with Crippen LogP contribution in [0.1, 0.15) is 61.0 Å². The lowest BCUT2D eigenvalue weighted by molar-refractivity contribution is -0.150. The molecule has 1 amide bonds. The molecule has 0 bridgehead atoms. The molecule has 7 N–H and O–H groups in total. The molecular weight excluding hydrogens is 516 g/mol. The van der Waals surface area contributed by atoms with Gasteiger partial charge >= 0.3 is 11.9 Å². The van der Waals surface area contributed by atoms with Gasteiger partial charge in [0.15, 0.2) is 17.0 Å². The lowest BCUT2D eigenvalue weighted by Crippen LogP contribution is -2.43. The van der Waals surface area contributed by atoms with E-state index < -0.39 is 30.0 Å². The molecule has 0 radical (unpaired) electrons. The summed E-state index contributed by atoms with van der Waals surface area (Å²) in [5.74, 6) is -2.06. The van der Waals surface area contributed by atoms with Crippen LogP contribution >= 0.6 is 0 Å². The highest BCUT2D eigenvalue weighted by Gasteiger charge is 2.26. The summed E-state index contributed by atoms with van der Waals surface area (Å²) in [6.45, 7) is 0.316. The fourth-order valence-electron chi connectivity index (χ4n) is 4.22. The third-order valence-electron chi connectivity index (χ3n) is 6.34. The number of aliphatic carboxylic acids is 1. The first kappa shape index (κ1) is 28.2. The van der Waals surface area contributed by atoms with Crippen LogP contribution in [0.15, 0.2) is 42.6 Å². The summed E-state index contributed by atoms with van der Waals surface area (Å²) < 4.78 is 5.61. The van der Waals surface area contributed by atoms with Gasteiger partial charge in [0.25, 0.3) is 5.91 Å². The second-order valence-corrected chi connectivity index (χ2v) is 9.43. The van der Waals surface area contributed by atoms with Crippen molar-refractivity contribution in [1.29, 1.82) is 0 Å². The Hall–Kier alpha value is -4.81. The van der Waals surface area contributed by atoms with Crippen LogP contribution in [0.4, 0.5) is 17.5 Å². The summed E-state index contributed by atoms with van der Waals surface area (Å²) in [4.78, 5) is 53.5. The first-order valence-corrected chi connectivity index (χ1v) is 13.1. The van der Waals surface area contributed by atoms with Gasteiger partial charge in [0.05, 0.1) is 18.4 Å². The molecule has 0 spiro atoms. The van der Waals surface area contributed by atoms with E-state index in [9.17, 15) is 14.4 Å². The Morgan fingerprint density at radius 3 is 2.65 bits per heavy atom. The van der Waals surface area contributed by atoms with Crippen LogP contribution in [-0.4, -0.2) is 55.0 Å². The number of carbonyl (C=O) groups is 3. The van der Waals surface area contributed by atoms with Gasteiger partial charge in [-0.15, -0.1) is 0 Å². The molecule has 13 nitrogen and oxygen atoms in total. The van der Waals surface area contributed by atoms with Gasteiger partial charge in [-0.1, -0.05) is 12.5 Å². The normalized spacial score (nSPS) is 15.9. The van der Waals surface area contributed by atoms with E-state index in [0.29, 0.717) is 41.1 Å². The Morgan fingerprint density at radius 2 is 1.88 bits per heavy atom. The Morgan fingerprint density at radius 1 is 1.07 bits per heavy atom. The van der Waals surface area contributed by atoms with Crippen LogP contribution in [0.5, 0.6) is 0 Å². The van der Waals surface area contributed by atoms with Gasteiger partial charge in [-0.25, -0.2) is 14.8 Å². The molecule has 2 heterocycles. The second-order valence-electron chi connectivity index (χ2n) is 9.43. The average Bonchev–Trinajstić information content (AvgIpc) is 2.91. The maximum Gasteiger partial charge on any atom is 0.329 e. The van der Waals surface area contributed by atoms with E-state index in [1.165, 1.54) is 0 Å². The summed E-state index contributed by atoms with van der Waals surface area (Å²) in [7, 11) is 0. The number of carbonyl (C=O) groups excluding carboxylic acids is 2. The van der Waals surface area contributed by atoms with Gasteiger partial charge in [0.1, 0.15) is 12.1 Å². The Balaban J connectivity index is 1.36. The van der Waals surface area contributed by atoms with Crippen LogP contribution in [0.2, 0.25) is 0 Å². The number of allylic oxidation sites excluding steroid dienone is 1. The molecular formula is C27H32N8O5. The monoisotopic (exact) mass is 548 g/mol. The van der Waals surface area contributed by atoms with Gasteiger partial charge in [-0.05, 0) is 62.4 Å². The number of amides is 1. The van der Waals surface area contributed by atoms with Crippen molar-refractivity contribution in [2.75, 3.05) is 16.8 Å². The van der Waals surface area contributed by atoms with Crippen molar-refractivity contribution >= 4 is 46.5 Å². The van der Waals surface area contributed by atoms with Gasteiger partial charge < -0.3 is 31.9 Å². The van der Waals surface area contributed by atoms with Crippen molar-refractivity contribution in [2.24, 2.45) is 0 Å². The largest absolute Gasteiger partial charge is 0.481 e. The van der Waals surface area contributed by atoms with Gasteiger partial charge in [0, 0.05) is 17.7 Å². The molecule has 2 atom stereocenters. The molecule has 0 saturated carbocycles.